The Morgan fingerprint density at radius 2 is 1.55 bits per heavy atom. The van der Waals surface area contributed by atoms with Crippen molar-refractivity contribution in [2.45, 2.75) is 83.7 Å². The standard InChI is InChI=1S/C17H32O5/c1-3-4-5-6-7-8-11-14(17(20)21)15(18)12-9-10-13-16(19)22-2/h14-15,18H,3-13H2,1-2H3,(H,20,21)/t14?,15-/m0/s1. The van der Waals surface area contributed by atoms with Gasteiger partial charge in [-0.25, -0.2) is 0 Å². The molecule has 2 N–H and O–H groups in total. The number of hydrogen-bond acceptors (Lipinski definition) is 4. The van der Waals surface area contributed by atoms with Crippen molar-refractivity contribution in [2.75, 3.05) is 7.11 Å². The quantitative estimate of drug-likeness (QED) is 0.378. The summed E-state index contributed by atoms with van der Waals surface area (Å²) in [6.45, 7) is 2.16. The molecular weight excluding hydrogens is 284 g/mol. The van der Waals surface area contributed by atoms with Gasteiger partial charge in [-0.15, -0.1) is 0 Å². The Labute approximate surface area is 134 Å². The van der Waals surface area contributed by atoms with E-state index in [1.807, 2.05) is 0 Å². The number of unbranched alkanes of at least 4 members (excludes halogenated alkanes) is 6. The molecule has 0 radical (unpaired) electrons. The number of ether oxygens (including phenoxy) is 1. The molecule has 0 aromatic rings. The highest BCUT2D eigenvalue weighted by molar-refractivity contribution is 5.70. The Morgan fingerprint density at radius 3 is 2.14 bits per heavy atom. The lowest BCUT2D eigenvalue weighted by Crippen LogP contribution is -2.28. The Kier molecular flexibility index (Phi) is 12.9. The molecular formula is C17H32O5. The highest BCUT2D eigenvalue weighted by Gasteiger charge is 2.25. The second-order valence-electron chi connectivity index (χ2n) is 5.89. The fourth-order valence-electron chi connectivity index (χ4n) is 2.55. The number of carbonyl (C=O) groups excluding carboxylic acids is 1. The monoisotopic (exact) mass is 316 g/mol. The minimum absolute atomic E-state index is 0.267. The smallest absolute Gasteiger partial charge is 0.309 e. The molecule has 0 saturated heterocycles. The zero-order chi connectivity index (χ0) is 16.8. The van der Waals surface area contributed by atoms with Gasteiger partial charge in [-0.05, 0) is 19.3 Å². The van der Waals surface area contributed by atoms with Crippen LogP contribution in [0.1, 0.15) is 77.6 Å². The van der Waals surface area contributed by atoms with Gasteiger partial charge in [-0.3, -0.25) is 9.59 Å². The van der Waals surface area contributed by atoms with Gasteiger partial charge in [0.1, 0.15) is 0 Å². The first kappa shape index (κ1) is 20.9. The maximum absolute atomic E-state index is 11.3. The molecule has 1 unspecified atom stereocenters. The van der Waals surface area contributed by atoms with Crippen LogP contribution in [0.5, 0.6) is 0 Å². The summed E-state index contributed by atoms with van der Waals surface area (Å²) < 4.78 is 4.54. The highest BCUT2D eigenvalue weighted by atomic mass is 16.5. The summed E-state index contributed by atoms with van der Waals surface area (Å²) in [5.41, 5.74) is 0. The van der Waals surface area contributed by atoms with E-state index >= 15 is 0 Å². The highest BCUT2D eigenvalue weighted by Crippen LogP contribution is 2.20. The summed E-state index contributed by atoms with van der Waals surface area (Å²) in [7, 11) is 1.35. The SMILES string of the molecule is CCCCCCCCC(C(=O)O)[C@@H](O)CCCCC(=O)OC. The van der Waals surface area contributed by atoms with E-state index in [0.717, 1.165) is 19.3 Å². The lowest BCUT2D eigenvalue weighted by Gasteiger charge is -2.19. The van der Waals surface area contributed by atoms with Crippen LogP contribution in [0.4, 0.5) is 0 Å². The molecule has 0 amide bonds. The summed E-state index contributed by atoms with van der Waals surface area (Å²) in [5.74, 6) is -1.88. The predicted octanol–water partition coefficient (Wildman–Crippen LogP) is 3.53. The molecule has 0 heterocycles. The average Bonchev–Trinajstić information content (AvgIpc) is 2.49. The molecule has 0 bridgehead atoms. The molecule has 0 aliphatic heterocycles. The third kappa shape index (κ3) is 10.6. The number of carboxylic acids is 1. The number of carboxylic acid groups (broad SMARTS) is 1. The van der Waals surface area contributed by atoms with E-state index in [9.17, 15) is 19.8 Å². The summed E-state index contributed by atoms with van der Waals surface area (Å²) in [5, 5.41) is 19.3. The van der Waals surface area contributed by atoms with Gasteiger partial charge in [0.05, 0.1) is 19.1 Å². The van der Waals surface area contributed by atoms with Crippen molar-refractivity contribution in [1.82, 2.24) is 0 Å². The predicted molar refractivity (Wildman–Crippen MR) is 85.6 cm³/mol. The number of methoxy groups -OCH3 is 1. The molecule has 130 valence electrons. The average molecular weight is 316 g/mol. The molecule has 22 heavy (non-hydrogen) atoms. The molecule has 5 nitrogen and oxygen atoms in total. The summed E-state index contributed by atoms with van der Waals surface area (Å²) in [4.78, 5) is 22.2. The van der Waals surface area contributed by atoms with Crippen molar-refractivity contribution in [1.29, 1.82) is 0 Å². The van der Waals surface area contributed by atoms with Crippen LogP contribution in [-0.2, 0) is 14.3 Å². The van der Waals surface area contributed by atoms with E-state index in [1.165, 1.54) is 26.4 Å². The van der Waals surface area contributed by atoms with E-state index in [0.29, 0.717) is 32.1 Å². The Hall–Kier alpha value is -1.10. The molecule has 0 fully saturated rings. The van der Waals surface area contributed by atoms with Gasteiger partial charge < -0.3 is 14.9 Å². The Balaban J connectivity index is 3.89. The van der Waals surface area contributed by atoms with Crippen molar-refractivity contribution in [3.63, 3.8) is 0 Å². The minimum Gasteiger partial charge on any atom is -0.481 e. The van der Waals surface area contributed by atoms with E-state index < -0.39 is 18.0 Å². The van der Waals surface area contributed by atoms with Crippen LogP contribution in [-0.4, -0.2) is 35.4 Å². The largest absolute Gasteiger partial charge is 0.481 e. The summed E-state index contributed by atoms with van der Waals surface area (Å²) in [6, 6.07) is 0. The van der Waals surface area contributed by atoms with E-state index in [2.05, 4.69) is 11.7 Å². The van der Waals surface area contributed by atoms with Crippen LogP contribution in [0, 0.1) is 5.92 Å². The van der Waals surface area contributed by atoms with Crippen molar-refractivity contribution in [3.05, 3.63) is 0 Å². The van der Waals surface area contributed by atoms with Gasteiger partial charge in [-0.1, -0.05) is 51.9 Å². The molecule has 0 rings (SSSR count). The number of carbonyl (C=O) groups is 2. The maximum Gasteiger partial charge on any atom is 0.309 e. The van der Waals surface area contributed by atoms with Crippen LogP contribution in [0.25, 0.3) is 0 Å². The third-order valence-corrected chi connectivity index (χ3v) is 4.01. The van der Waals surface area contributed by atoms with Crippen LogP contribution in [0.3, 0.4) is 0 Å². The maximum atomic E-state index is 11.3. The lowest BCUT2D eigenvalue weighted by atomic mass is 9.92. The fraction of sp³-hybridized carbons (Fsp3) is 0.882. The van der Waals surface area contributed by atoms with Crippen LogP contribution in [0.15, 0.2) is 0 Å². The van der Waals surface area contributed by atoms with Gasteiger partial charge in [0.25, 0.3) is 0 Å². The van der Waals surface area contributed by atoms with Crippen LogP contribution >= 0.6 is 0 Å². The second kappa shape index (κ2) is 13.6. The lowest BCUT2D eigenvalue weighted by molar-refractivity contribution is -0.146. The topological polar surface area (TPSA) is 83.8 Å². The van der Waals surface area contributed by atoms with Gasteiger partial charge in [0.15, 0.2) is 0 Å². The minimum atomic E-state index is -0.922. The first-order chi connectivity index (χ1) is 10.5. The van der Waals surface area contributed by atoms with Crippen LogP contribution < -0.4 is 0 Å². The second-order valence-corrected chi connectivity index (χ2v) is 5.89. The van der Waals surface area contributed by atoms with Gasteiger partial charge >= 0.3 is 11.9 Å². The molecule has 0 aliphatic rings. The fourth-order valence-corrected chi connectivity index (χ4v) is 2.55. The van der Waals surface area contributed by atoms with Crippen molar-refractivity contribution in [2.24, 2.45) is 5.92 Å². The molecule has 0 saturated carbocycles. The Morgan fingerprint density at radius 1 is 0.955 bits per heavy atom. The van der Waals surface area contributed by atoms with Gasteiger partial charge in [0.2, 0.25) is 0 Å². The van der Waals surface area contributed by atoms with Crippen LogP contribution in [0.2, 0.25) is 0 Å². The number of aliphatic hydroxyl groups excluding tert-OH is 1. The first-order valence-electron chi connectivity index (χ1n) is 8.50. The number of esters is 1. The molecule has 0 aromatic heterocycles. The van der Waals surface area contributed by atoms with E-state index in [-0.39, 0.29) is 5.97 Å². The molecule has 5 heteroatoms. The van der Waals surface area contributed by atoms with Crippen molar-refractivity contribution >= 4 is 11.9 Å². The zero-order valence-corrected chi connectivity index (χ0v) is 14.1. The summed E-state index contributed by atoms with van der Waals surface area (Å²) in [6.07, 6.45) is 8.32. The van der Waals surface area contributed by atoms with Gasteiger partial charge in [-0.2, -0.15) is 0 Å². The molecule has 0 aromatic carbocycles. The molecule has 0 aliphatic carbocycles. The molecule has 0 spiro atoms. The number of aliphatic hydroxyl groups is 1. The van der Waals surface area contributed by atoms with Gasteiger partial charge in [0, 0.05) is 6.42 Å². The number of aliphatic carboxylic acids is 1. The normalized spacial score (nSPS) is 13.6. The third-order valence-electron chi connectivity index (χ3n) is 4.01. The summed E-state index contributed by atoms with van der Waals surface area (Å²) >= 11 is 0. The van der Waals surface area contributed by atoms with Crippen molar-refractivity contribution in [3.8, 4) is 0 Å². The first-order valence-corrected chi connectivity index (χ1v) is 8.50. The molecule has 2 atom stereocenters. The van der Waals surface area contributed by atoms with Crippen molar-refractivity contribution < 1.29 is 24.5 Å². The zero-order valence-electron chi connectivity index (χ0n) is 14.1. The number of rotatable bonds is 14. The number of hydrogen-bond donors (Lipinski definition) is 2. The van der Waals surface area contributed by atoms with E-state index in [4.69, 9.17) is 0 Å². The van der Waals surface area contributed by atoms with E-state index in [1.54, 1.807) is 0 Å². The Bertz CT molecular complexity index is 303.